The van der Waals surface area contributed by atoms with Gasteiger partial charge >= 0.3 is 5.97 Å². The second-order valence-corrected chi connectivity index (χ2v) is 4.68. The number of carboxylic acids is 1. The van der Waals surface area contributed by atoms with Gasteiger partial charge in [-0.25, -0.2) is 4.79 Å². The average Bonchev–Trinajstić information content (AvgIpc) is 2.71. The maximum atomic E-state index is 11.0. The van der Waals surface area contributed by atoms with Crippen molar-refractivity contribution in [3.63, 3.8) is 0 Å². The fraction of sp³-hybridized carbons (Fsp3) is 0.154. The summed E-state index contributed by atoms with van der Waals surface area (Å²) >= 11 is 1.26. The van der Waals surface area contributed by atoms with Gasteiger partial charge in [-0.1, -0.05) is 18.2 Å². The Morgan fingerprint density at radius 2 is 1.94 bits per heavy atom. The lowest BCUT2D eigenvalue weighted by atomic mass is 10.0. The molecule has 2 nitrogen and oxygen atoms in total. The second kappa shape index (κ2) is 4.10. The van der Waals surface area contributed by atoms with Crippen molar-refractivity contribution < 1.29 is 9.90 Å². The molecule has 82 valence electrons. The largest absolute Gasteiger partial charge is 0.477 e. The second-order valence-electron chi connectivity index (χ2n) is 3.77. The number of aryl methyl sites for hydroxylation is 2. The number of rotatable bonds is 2. The molecular weight excluding hydrogens is 220 g/mol. The summed E-state index contributed by atoms with van der Waals surface area (Å²) in [6.45, 7) is 4.08. The van der Waals surface area contributed by atoms with Crippen LogP contribution in [0.15, 0.2) is 29.6 Å². The molecule has 1 N–H and O–H groups in total. The summed E-state index contributed by atoms with van der Waals surface area (Å²) in [7, 11) is 0. The normalized spacial score (nSPS) is 10.4. The van der Waals surface area contributed by atoms with E-state index in [1.807, 2.05) is 43.5 Å². The molecule has 1 heterocycles. The molecule has 0 fully saturated rings. The topological polar surface area (TPSA) is 37.3 Å². The molecule has 0 radical (unpaired) electrons. The number of hydrogen-bond donors (Lipinski definition) is 1. The van der Waals surface area contributed by atoms with Crippen LogP contribution >= 0.6 is 11.3 Å². The van der Waals surface area contributed by atoms with E-state index in [0.717, 1.165) is 11.1 Å². The lowest BCUT2D eigenvalue weighted by Crippen LogP contribution is -1.94. The first-order chi connectivity index (χ1) is 7.59. The highest BCUT2D eigenvalue weighted by Crippen LogP contribution is 2.29. The van der Waals surface area contributed by atoms with Crippen molar-refractivity contribution in [2.45, 2.75) is 13.8 Å². The van der Waals surface area contributed by atoms with Gasteiger partial charge < -0.3 is 5.11 Å². The number of hydrogen-bond acceptors (Lipinski definition) is 2. The van der Waals surface area contributed by atoms with Gasteiger partial charge in [-0.3, -0.25) is 0 Å². The molecule has 16 heavy (non-hydrogen) atoms. The van der Waals surface area contributed by atoms with E-state index >= 15 is 0 Å². The van der Waals surface area contributed by atoms with Crippen molar-refractivity contribution in [1.82, 2.24) is 0 Å². The molecule has 0 spiro atoms. The quantitative estimate of drug-likeness (QED) is 0.856. The minimum Gasteiger partial charge on any atom is -0.477 e. The average molecular weight is 232 g/mol. The minimum absolute atomic E-state index is 0.406. The predicted octanol–water partition coefficient (Wildman–Crippen LogP) is 3.73. The summed E-state index contributed by atoms with van der Waals surface area (Å²) in [6, 6.07) is 7.88. The van der Waals surface area contributed by atoms with E-state index in [-0.39, 0.29) is 0 Å². The zero-order valence-corrected chi connectivity index (χ0v) is 9.97. The molecule has 2 aromatic rings. The van der Waals surface area contributed by atoms with Crippen LogP contribution in [0.25, 0.3) is 11.1 Å². The molecule has 0 aliphatic rings. The number of carbonyl (C=O) groups is 1. The third-order valence-corrected chi connectivity index (χ3v) is 3.58. The van der Waals surface area contributed by atoms with Gasteiger partial charge in [0, 0.05) is 5.56 Å². The third kappa shape index (κ3) is 1.86. The highest BCUT2D eigenvalue weighted by molar-refractivity contribution is 7.12. The molecule has 0 saturated carbocycles. The van der Waals surface area contributed by atoms with Crippen LogP contribution in [-0.4, -0.2) is 11.1 Å². The first kappa shape index (κ1) is 10.9. The van der Waals surface area contributed by atoms with Crippen LogP contribution < -0.4 is 0 Å². The summed E-state index contributed by atoms with van der Waals surface area (Å²) in [5.41, 5.74) is 4.18. The predicted molar refractivity (Wildman–Crippen MR) is 66.2 cm³/mol. The van der Waals surface area contributed by atoms with Gasteiger partial charge in [-0.05, 0) is 42.0 Å². The zero-order valence-electron chi connectivity index (χ0n) is 9.15. The van der Waals surface area contributed by atoms with E-state index in [1.165, 1.54) is 22.5 Å². The molecule has 0 amide bonds. The Balaban J connectivity index is 2.54. The van der Waals surface area contributed by atoms with E-state index in [0.29, 0.717) is 4.88 Å². The van der Waals surface area contributed by atoms with Crippen LogP contribution in [0.2, 0.25) is 0 Å². The highest BCUT2D eigenvalue weighted by Gasteiger charge is 2.13. The van der Waals surface area contributed by atoms with E-state index in [4.69, 9.17) is 5.11 Å². The molecular formula is C13H12O2S. The van der Waals surface area contributed by atoms with Gasteiger partial charge in [0.15, 0.2) is 0 Å². The van der Waals surface area contributed by atoms with Crippen molar-refractivity contribution in [2.75, 3.05) is 0 Å². The van der Waals surface area contributed by atoms with Crippen molar-refractivity contribution in [3.05, 3.63) is 45.6 Å². The Morgan fingerprint density at radius 3 is 2.56 bits per heavy atom. The number of benzene rings is 1. The standard InChI is InChI=1S/C13H12O2S/c1-8-3-4-10(7-9(8)2)11-5-6-16-12(11)13(14)15/h3-7H,1-2H3,(H,14,15). The summed E-state index contributed by atoms with van der Waals surface area (Å²) in [5.74, 6) is -0.858. The number of thiophene rings is 1. The molecule has 2 rings (SSSR count). The lowest BCUT2D eigenvalue weighted by Gasteiger charge is -2.04. The Labute approximate surface area is 98.2 Å². The van der Waals surface area contributed by atoms with Crippen molar-refractivity contribution in [2.24, 2.45) is 0 Å². The van der Waals surface area contributed by atoms with Gasteiger partial charge in [-0.15, -0.1) is 11.3 Å². The van der Waals surface area contributed by atoms with Gasteiger partial charge in [-0.2, -0.15) is 0 Å². The fourth-order valence-electron chi connectivity index (χ4n) is 1.61. The fourth-order valence-corrected chi connectivity index (χ4v) is 2.37. The van der Waals surface area contributed by atoms with Gasteiger partial charge in [0.25, 0.3) is 0 Å². The third-order valence-electron chi connectivity index (χ3n) is 2.68. The Morgan fingerprint density at radius 1 is 1.19 bits per heavy atom. The monoisotopic (exact) mass is 232 g/mol. The van der Waals surface area contributed by atoms with E-state index in [2.05, 4.69) is 0 Å². The van der Waals surface area contributed by atoms with Crippen LogP contribution in [0.1, 0.15) is 20.8 Å². The zero-order chi connectivity index (χ0) is 11.7. The first-order valence-corrected chi connectivity index (χ1v) is 5.86. The van der Waals surface area contributed by atoms with E-state index < -0.39 is 5.97 Å². The van der Waals surface area contributed by atoms with E-state index in [1.54, 1.807) is 0 Å². The molecule has 0 saturated heterocycles. The van der Waals surface area contributed by atoms with Crippen LogP contribution in [0.5, 0.6) is 0 Å². The molecule has 3 heteroatoms. The Hall–Kier alpha value is -1.61. The van der Waals surface area contributed by atoms with E-state index in [9.17, 15) is 4.79 Å². The first-order valence-electron chi connectivity index (χ1n) is 4.98. The Bertz CT molecular complexity index is 541. The minimum atomic E-state index is -0.858. The molecule has 1 aromatic heterocycles. The number of carboxylic acid groups (broad SMARTS) is 1. The SMILES string of the molecule is Cc1ccc(-c2ccsc2C(=O)O)cc1C. The van der Waals surface area contributed by atoms with Crippen LogP contribution in [0.3, 0.4) is 0 Å². The van der Waals surface area contributed by atoms with Crippen molar-refractivity contribution in [1.29, 1.82) is 0 Å². The summed E-state index contributed by atoms with van der Waals surface area (Å²) in [5, 5.41) is 10.9. The Kier molecular flexibility index (Phi) is 2.79. The molecule has 0 bridgehead atoms. The molecule has 1 aromatic carbocycles. The summed E-state index contributed by atoms with van der Waals surface area (Å²) in [4.78, 5) is 11.4. The van der Waals surface area contributed by atoms with Gasteiger partial charge in [0.2, 0.25) is 0 Å². The van der Waals surface area contributed by atoms with Crippen molar-refractivity contribution >= 4 is 17.3 Å². The highest BCUT2D eigenvalue weighted by atomic mass is 32.1. The molecule has 0 aliphatic carbocycles. The van der Waals surface area contributed by atoms with Gasteiger partial charge in [0.05, 0.1) is 0 Å². The summed E-state index contributed by atoms with van der Waals surface area (Å²) < 4.78 is 0. The molecule has 0 atom stereocenters. The van der Waals surface area contributed by atoms with Crippen molar-refractivity contribution in [3.8, 4) is 11.1 Å². The maximum Gasteiger partial charge on any atom is 0.346 e. The smallest absolute Gasteiger partial charge is 0.346 e. The van der Waals surface area contributed by atoms with Crippen LogP contribution in [0, 0.1) is 13.8 Å². The molecule has 0 unspecified atom stereocenters. The molecule has 0 aliphatic heterocycles. The lowest BCUT2D eigenvalue weighted by molar-refractivity contribution is 0.0703. The maximum absolute atomic E-state index is 11.0. The van der Waals surface area contributed by atoms with Gasteiger partial charge in [0.1, 0.15) is 4.88 Å². The summed E-state index contributed by atoms with van der Waals surface area (Å²) in [6.07, 6.45) is 0. The van der Waals surface area contributed by atoms with Crippen LogP contribution in [0.4, 0.5) is 0 Å². The van der Waals surface area contributed by atoms with Crippen LogP contribution in [-0.2, 0) is 0 Å². The number of aromatic carboxylic acids is 1.